The van der Waals surface area contributed by atoms with Gasteiger partial charge in [-0.3, -0.25) is 4.79 Å². The molecule has 4 nitrogen and oxygen atoms in total. The first-order chi connectivity index (χ1) is 11.9. The smallest absolute Gasteiger partial charge is 0.254 e. The molecule has 2 fully saturated rings. The molecule has 1 aromatic rings. The van der Waals surface area contributed by atoms with E-state index in [1.165, 1.54) is 0 Å². The zero-order valence-corrected chi connectivity index (χ0v) is 15.1. The molecule has 0 saturated carbocycles. The minimum absolute atomic E-state index is 0.185. The SMILES string of the molecule is COCC1CN(C)CC12CCN(C(=O)c1cc(F)c(F)cc1C)CC2. The first-order valence-electron chi connectivity index (χ1n) is 8.79. The number of carbonyl (C=O) groups is 1. The third-order valence-electron chi connectivity index (χ3n) is 5.89. The maximum atomic E-state index is 13.5. The molecule has 6 heteroatoms. The molecule has 1 unspecified atom stereocenters. The van der Waals surface area contributed by atoms with Crippen molar-refractivity contribution in [3.63, 3.8) is 0 Å². The Bertz CT molecular complexity index is 657. The lowest BCUT2D eigenvalue weighted by Gasteiger charge is -2.42. The number of methoxy groups -OCH3 is 1. The first kappa shape index (κ1) is 18.3. The van der Waals surface area contributed by atoms with Gasteiger partial charge in [0.25, 0.3) is 5.91 Å². The van der Waals surface area contributed by atoms with Crippen LogP contribution in [0, 0.1) is 29.9 Å². The molecule has 138 valence electrons. The van der Waals surface area contributed by atoms with E-state index in [0.29, 0.717) is 24.6 Å². The molecule has 1 amide bonds. The summed E-state index contributed by atoms with van der Waals surface area (Å²) in [6, 6.07) is 2.11. The van der Waals surface area contributed by atoms with Gasteiger partial charge in [-0.2, -0.15) is 0 Å². The molecule has 0 N–H and O–H groups in total. The number of halogens is 2. The summed E-state index contributed by atoms with van der Waals surface area (Å²) in [7, 11) is 3.86. The number of rotatable bonds is 3. The molecular formula is C19H26F2N2O2. The molecule has 1 atom stereocenters. The van der Waals surface area contributed by atoms with Crippen LogP contribution in [0.3, 0.4) is 0 Å². The molecule has 0 aliphatic carbocycles. The normalized spacial score (nSPS) is 23.4. The summed E-state index contributed by atoms with van der Waals surface area (Å²) in [6.45, 7) is 5.70. The molecule has 2 heterocycles. The third-order valence-corrected chi connectivity index (χ3v) is 5.89. The molecule has 2 aliphatic heterocycles. The summed E-state index contributed by atoms with van der Waals surface area (Å²) >= 11 is 0. The van der Waals surface area contributed by atoms with Crippen LogP contribution in [0.1, 0.15) is 28.8 Å². The third kappa shape index (κ3) is 3.42. The van der Waals surface area contributed by atoms with E-state index in [2.05, 4.69) is 11.9 Å². The van der Waals surface area contributed by atoms with E-state index in [1.54, 1.807) is 18.9 Å². The van der Waals surface area contributed by atoms with Crippen molar-refractivity contribution in [1.29, 1.82) is 0 Å². The highest BCUT2D eigenvalue weighted by Crippen LogP contribution is 2.44. The maximum Gasteiger partial charge on any atom is 0.254 e. The zero-order chi connectivity index (χ0) is 18.2. The van der Waals surface area contributed by atoms with Crippen molar-refractivity contribution < 1.29 is 18.3 Å². The fourth-order valence-electron chi connectivity index (χ4n) is 4.50. The van der Waals surface area contributed by atoms with Crippen LogP contribution in [0.5, 0.6) is 0 Å². The predicted molar refractivity (Wildman–Crippen MR) is 91.5 cm³/mol. The molecule has 0 aromatic heterocycles. The summed E-state index contributed by atoms with van der Waals surface area (Å²) < 4.78 is 32.2. The quantitative estimate of drug-likeness (QED) is 0.839. The molecule has 1 spiro atoms. The van der Waals surface area contributed by atoms with Gasteiger partial charge in [0.15, 0.2) is 11.6 Å². The average Bonchev–Trinajstić information content (AvgIpc) is 2.86. The number of piperidine rings is 1. The van der Waals surface area contributed by atoms with Gasteiger partial charge in [0.05, 0.1) is 6.61 Å². The van der Waals surface area contributed by atoms with Crippen LogP contribution in [0.25, 0.3) is 0 Å². The second-order valence-electron chi connectivity index (χ2n) is 7.58. The van der Waals surface area contributed by atoms with Gasteiger partial charge in [0, 0.05) is 44.8 Å². The average molecular weight is 352 g/mol. The lowest BCUT2D eigenvalue weighted by molar-refractivity contribution is 0.0324. The number of amides is 1. The minimum atomic E-state index is -0.972. The number of aryl methyl sites for hydroxylation is 1. The van der Waals surface area contributed by atoms with Crippen LogP contribution in [0.2, 0.25) is 0 Å². The van der Waals surface area contributed by atoms with Gasteiger partial charge in [0.1, 0.15) is 0 Å². The Labute approximate surface area is 147 Å². The first-order valence-corrected chi connectivity index (χ1v) is 8.79. The largest absolute Gasteiger partial charge is 0.384 e. The van der Waals surface area contributed by atoms with Gasteiger partial charge in [0.2, 0.25) is 0 Å². The van der Waals surface area contributed by atoms with Gasteiger partial charge in [-0.15, -0.1) is 0 Å². The number of ether oxygens (including phenoxy) is 1. The van der Waals surface area contributed by atoms with Crippen LogP contribution >= 0.6 is 0 Å². The van der Waals surface area contributed by atoms with E-state index in [-0.39, 0.29) is 16.9 Å². The van der Waals surface area contributed by atoms with Crippen LogP contribution < -0.4 is 0 Å². The Kier molecular flexibility index (Phi) is 5.11. The van der Waals surface area contributed by atoms with E-state index in [0.717, 1.165) is 44.7 Å². The summed E-state index contributed by atoms with van der Waals surface area (Å²) in [5.74, 6) is -1.62. The van der Waals surface area contributed by atoms with Crippen molar-refractivity contribution in [2.24, 2.45) is 11.3 Å². The van der Waals surface area contributed by atoms with Crippen LogP contribution in [0.4, 0.5) is 8.78 Å². The number of likely N-dealkylation sites (tertiary alicyclic amines) is 2. The van der Waals surface area contributed by atoms with Crippen molar-refractivity contribution >= 4 is 5.91 Å². The highest BCUT2D eigenvalue weighted by Gasteiger charge is 2.47. The Morgan fingerprint density at radius 2 is 1.92 bits per heavy atom. The van der Waals surface area contributed by atoms with Crippen molar-refractivity contribution in [2.45, 2.75) is 19.8 Å². The summed E-state index contributed by atoms with van der Waals surface area (Å²) in [5, 5.41) is 0. The van der Waals surface area contributed by atoms with Gasteiger partial charge >= 0.3 is 0 Å². The zero-order valence-electron chi connectivity index (χ0n) is 15.1. The number of hydrogen-bond acceptors (Lipinski definition) is 3. The number of carbonyl (C=O) groups excluding carboxylic acids is 1. The van der Waals surface area contributed by atoms with Gasteiger partial charge < -0.3 is 14.5 Å². The molecule has 1 aromatic carbocycles. The molecule has 0 radical (unpaired) electrons. The van der Waals surface area contributed by atoms with Crippen LogP contribution in [0.15, 0.2) is 12.1 Å². The molecule has 3 rings (SSSR count). The topological polar surface area (TPSA) is 32.8 Å². The van der Waals surface area contributed by atoms with E-state index in [9.17, 15) is 13.6 Å². The predicted octanol–water partition coefficient (Wildman–Crippen LogP) is 2.70. The van der Waals surface area contributed by atoms with Crippen LogP contribution in [-0.2, 0) is 4.74 Å². The monoisotopic (exact) mass is 352 g/mol. The highest BCUT2D eigenvalue weighted by atomic mass is 19.2. The molecule has 0 bridgehead atoms. The van der Waals surface area contributed by atoms with Crippen molar-refractivity contribution in [3.8, 4) is 0 Å². The Morgan fingerprint density at radius 3 is 2.56 bits per heavy atom. The molecule has 2 aliphatic rings. The number of benzene rings is 1. The lowest BCUT2D eigenvalue weighted by atomic mass is 9.71. The highest BCUT2D eigenvalue weighted by molar-refractivity contribution is 5.95. The Morgan fingerprint density at radius 1 is 1.28 bits per heavy atom. The molecule has 2 saturated heterocycles. The van der Waals surface area contributed by atoms with Crippen LogP contribution in [-0.4, -0.2) is 62.7 Å². The van der Waals surface area contributed by atoms with Crippen molar-refractivity contribution in [1.82, 2.24) is 9.80 Å². The minimum Gasteiger partial charge on any atom is -0.384 e. The van der Waals surface area contributed by atoms with Gasteiger partial charge in [-0.05, 0) is 49.9 Å². The summed E-state index contributed by atoms with van der Waals surface area (Å²) in [4.78, 5) is 16.9. The summed E-state index contributed by atoms with van der Waals surface area (Å²) in [5.41, 5.74) is 0.916. The fourth-order valence-corrected chi connectivity index (χ4v) is 4.50. The van der Waals surface area contributed by atoms with E-state index in [1.807, 2.05) is 0 Å². The van der Waals surface area contributed by atoms with E-state index < -0.39 is 11.6 Å². The van der Waals surface area contributed by atoms with E-state index >= 15 is 0 Å². The Hall–Kier alpha value is -1.53. The van der Waals surface area contributed by atoms with E-state index in [4.69, 9.17) is 4.74 Å². The second-order valence-corrected chi connectivity index (χ2v) is 7.58. The fraction of sp³-hybridized carbons (Fsp3) is 0.632. The van der Waals surface area contributed by atoms with Crippen molar-refractivity contribution in [3.05, 3.63) is 34.9 Å². The second kappa shape index (κ2) is 7.00. The van der Waals surface area contributed by atoms with Crippen molar-refractivity contribution in [2.75, 3.05) is 46.9 Å². The number of nitrogens with zero attached hydrogens (tertiary/aromatic N) is 2. The molecular weight excluding hydrogens is 326 g/mol. The summed E-state index contributed by atoms with van der Waals surface area (Å²) in [6.07, 6.45) is 1.83. The number of hydrogen-bond donors (Lipinski definition) is 0. The van der Waals surface area contributed by atoms with Gasteiger partial charge in [-0.1, -0.05) is 0 Å². The molecule has 25 heavy (non-hydrogen) atoms. The Balaban J connectivity index is 1.72. The standard InChI is InChI=1S/C19H26F2N2O2/c1-13-8-16(20)17(21)9-15(13)18(24)23-6-4-19(5-7-23)12-22(2)10-14(19)11-25-3/h8-9,14H,4-7,10-12H2,1-3H3. The lowest BCUT2D eigenvalue weighted by Crippen LogP contribution is -2.47. The maximum absolute atomic E-state index is 13.5. The van der Waals surface area contributed by atoms with Gasteiger partial charge in [-0.25, -0.2) is 8.78 Å².